The number of nitrogens with one attached hydrogen (secondary N) is 1. The Balaban J connectivity index is 2.11. The van der Waals surface area contributed by atoms with Gasteiger partial charge >= 0.3 is 5.97 Å². The molecule has 1 aromatic carbocycles. The first-order valence-corrected chi connectivity index (χ1v) is 7.08. The van der Waals surface area contributed by atoms with Crippen molar-refractivity contribution in [1.29, 1.82) is 5.26 Å². The van der Waals surface area contributed by atoms with Crippen molar-refractivity contribution in [2.45, 2.75) is 19.3 Å². The second kappa shape index (κ2) is 7.27. The number of nitriles is 1. The number of fused-ring (bicyclic) bond motifs is 1. The SMILES string of the molecule is N#C/C(=C/NCCC(=O)O)C(=O)N1CCCc2ccccc21. The minimum absolute atomic E-state index is 0.0258. The van der Waals surface area contributed by atoms with E-state index in [2.05, 4.69) is 5.32 Å². The number of carboxylic acid groups (broad SMARTS) is 1. The molecule has 6 nitrogen and oxygen atoms in total. The van der Waals surface area contributed by atoms with E-state index in [1.807, 2.05) is 30.3 Å². The summed E-state index contributed by atoms with van der Waals surface area (Å²) < 4.78 is 0. The van der Waals surface area contributed by atoms with Crippen molar-refractivity contribution in [3.63, 3.8) is 0 Å². The standard InChI is InChI=1S/C16H17N3O3/c17-10-13(11-18-8-7-15(20)21)16(22)19-9-3-5-12-4-1-2-6-14(12)19/h1-2,4,6,11,18H,3,5,7-9H2,(H,20,21)/b13-11-. The molecular weight excluding hydrogens is 282 g/mol. The third-order valence-electron chi connectivity index (χ3n) is 3.44. The van der Waals surface area contributed by atoms with Crippen LogP contribution in [0, 0.1) is 11.3 Å². The van der Waals surface area contributed by atoms with Gasteiger partial charge in [-0.05, 0) is 24.5 Å². The van der Waals surface area contributed by atoms with Crippen molar-refractivity contribution in [1.82, 2.24) is 5.32 Å². The molecule has 1 amide bonds. The summed E-state index contributed by atoms with van der Waals surface area (Å²) >= 11 is 0. The summed E-state index contributed by atoms with van der Waals surface area (Å²) in [7, 11) is 0. The third-order valence-corrected chi connectivity index (χ3v) is 3.44. The highest BCUT2D eigenvalue weighted by molar-refractivity contribution is 6.08. The Kier molecular flexibility index (Phi) is 5.15. The van der Waals surface area contributed by atoms with Crippen molar-refractivity contribution < 1.29 is 14.7 Å². The van der Waals surface area contributed by atoms with E-state index < -0.39 is 5.97 Å². The lowest BCUT2D eigenvalue weighted by Crippen LogP contribution is -2.36. The molecule has 0 unspecified atom stereocenters. The molecule has 22 heavy (non-hydrogen) atoms. The van der Waals surface area contributed by atoms with Crippen molar-refractivity contribution >= 4 is 17.6 Å². The number of hydrogen-bond donors (Lipinski definition) is 2. The summed E-state index contributed by atoms with van der Waals surface area (Å²) in [6.45, 7) is 0.744. The van der Waals surface area contributed by atoms with Gasteiger partial charge < -0.3 is 15.3 Å². The van der Waals surface area contributed by atoms with Gasteiger partial charge in [-0.2, -0.15) is 5.26 Å². The average Bonchev–Trinajstić information content (AvgIpc) is 2.53. The van der Waals surface area contributed by atoms with Crippen LogP contribution in [0.1, 0.15) is 18.4 Å². The van der Waals surface area contributed by atoms with Crippen LogP contribution in [0.5, 0.6) is 0 Å². The zero-order valence-corrected chi connectivity index (χ0v) is 12.1. The van der Waals surface area contributed by atoms with Crippen molar-refractivity contribution in [2.75, 3.05) is 18.0 Å². The summed E-state index contributed by atoms with van der Waals surface area (Å²) in [6, 6.07) is 9.53. The number of hydrogen-bond acceptors (Lipinski definition) is 4. The molecule has 6 heteroatoms. The number of amides is 1. The first-order valence-electron chi connectivity index (χ1n) is 7.08. The van der Waals surface area contributed by atoms with Crippen LogP contribution in [0.15, 0.2) is 36.0 Å². The molecule has 0 fully saturated rings. The fourth-order valence-electron chi connectivity index (χ4n) is 2.39. The molecule has 0 aromatic heterocycles. The number of benzene rings is 1. The Hall–Kier alpha value is -2.81. The predicted molar refractivity (Wildman–Crippen MR) is 81.1 cm³/mol. The zero-order chi connectivity index (χ0) is 15.9. The van der Waals surface area contributed by atoms with Gasteiger partial charge in [0, 0.05) is 25.0 Å². The summed E-state index contributed by atoms with van der Waals surface area (Å²) in [5.41, 5.74) is 1.91. The van der Waals surface area contributed by atoms with Gasteiger partial charge in [0.2, 0.25) is 0 Å². The molecule has 0 aliphatic carbocycles. The van der Waals surface area contributed by atoms with Gasteiger partial charge in [0.05, 0.1) is 6.42 Å². The van der Waals surface area contributed by atoms with Crippen molar-refractivity contribution in [2.24, 2.45) is 0 Å². The summed E-state index contributed by atoms with van der Waals surface area (Å²) in [4.78, 5) is 24.5. The van der Waals surface area contributed by atoms with E-state index in [0.29, 0.717) is 6.54 Å². The lowest BCUT2D eigenvalue weighted by molar-refractivity contribution is -0.136. The maximum absolute atomic E-state index is 12.5. The molecule has 0 atom stereocenters. The molecule has 1 aliphatic rings. The minimum atomic E-state index is -0.935. The van der Waals surface area contributed by atoms with E-state index in [4.69, 9.17) is 10.4 Å². The first-order chi connectivity index (χ1) is 10.6. The van der Waals surface area contributed by atoms with E-state index in [-0.39, 0.29) is 24.4 Å². The number of carbonyl (C=O) groups excluding carboxylic acids is 1. The monoisotopic (exact) mass is 299 g/mol. The quantitative estimate of drug-likeness (QED) is 0.487. The topological polar surface area (TPSA) is 93.4 Å². The number of para-hydroxylation sites is 1. The van der Waals surface area contributed by atoms with Crippen LogP contribution in [0.3, 0.4) is 0 Å². The van der Waals surface area contributed by atoms with Crippen LogP contribution in [0.4, 0.5) is 5.69 Å². The number of carboxylic acids is 1. The number of aliphatic carboxylic acids is 1. The highest BCUT2D eigenvalue weighted by Crippen LogP contribution is 2.27. The molecule has 0 saturated heterocycles. The van der Waals surface area contributed by atoms with Gasteiger partial charge in [-0.25, -0.2) is 0 Å². The van der Waals surface area contributed by atoms with Gasteiger partial charge in [0.15, 0.2) is 0 Å². The molecule has 1 aliphatic heterocycles. The van der Waals surface area contributed by atoms with Crippen LogP contribution in [-0.2, 0) is 16.0 Å². The summed E-state index contributed by atoms with van der Waals surface area (Å²) in [6.07, 6.45) is 2.99. The number of nitrogens with zero attached hydrogens (tertiary/aromatic N) is 2. The van der Waals surface area contributed by atoms with Gasteiger partial charge in [-0.3, -0.25) is 9.59 Å². The molecule has 0 spiro atoms. The van der Waals surface area contributed by atoms with E-state index in [1.165, 1.54) is 6.20 Å². The van der Waals surface area contributed by atoms with Gasteiger partial charge in [-0.15, -0.1) is 0 Å². The highest BCUT2D eigenvalue weighted by Gasteiger charge is 2.24. The van der Waals surface area contributed by atoms with Crippen molar-refractivity contribution in [3.05, 3.63) is 41.6 Å². The fraction of sp³-hybridized carbons (Fsp3) is 0.312. The highest BCUT2D eigenvalue weighted by atomic mass is 16.4. The number of rotatable bonds is 5. The Morgan fingerprint density at radius 1 is 1.41 bits per heavy atom. The second-order valence-corrected chi connectivity index (χ2v) is 4.96. The summed E-state index contributed by atoms with van der Waals surface area (Å²) in [5.74, 6) is -1.30. The molecule has 0 bridgehead atoms. The molecule has 2 N–H and O–H groups in total. The number of aryl methyl sites for hydroxylation is 1. The van der Waals surface area contributed by atoms with Crippen LogP contribution in [-0.4, -0.2) is 30.1 Å². The van der Waals surface area contributed by atoms with Crippen LogP contribution >= 0.6 is 0 Å². The van der Waals surface area contributed by atoms with E-state index in [1.54, 1.807) is 4.90 Å². The lowest BCUT2D eigenvalue weighted by Gasteiger charge is -2.29. The molecule has 114 valence electrons. The Labute approximate surface area is 128 Å². The van der Waals surface area contributed by atoms with E-state index in [0.717, 1.165) is 24.1 Å². The molecule has 1 aromatic rings. The first kappa shape index (κ1) is 15.6. The van der Waals surface area contributed by atoms with Gasteiger partial charge in [0.25, 0.3) is 5.91 Å². The number of anilines is 1. The Bertz CT molecular complexity index is 646. The fourth-order valence-corrected chi connectivity index (χ4v) is 2.39. The van der Waals surface area contributed by atoms with Gasteiger partial charge in [0.1, 0.15) is 11.6 Å². The minimum Gasteiger partial charge on any atom is -0.481 e. The number of carbonyl (C=O) groups is 2. The molecule has 1 heterocycles. The maximum atomic E-state index is 12.5. The Morgan fingerprint density at radius 2 is 2.18 bits per heavy atom. The zero-order valence-electron chi connectivity index (χ0n) is 12.1. The largest absolute Gasteiger partial charge is 0.481 e. The molecular formula is C16H17N3O3. The molecule has 0 radical (unpaired) electrons. The van der Waals surface area contributed by atoms with Crippen LogP contribution in [0.25, 0.3) is 0 Å². The predicted octanol–water partition coefficient (Wildman–Crippen LogP) is 1.44. The van der Waals surface area contributed by atoms with Crippen LogP contribution in [0.2, 0.25) is 0 Å². The normalized spacial score (nSPS) is 14.0. The van der Waals surface area contributed by atoms with E-state index in [9.17, 15) is 9.59 Å². The van der Waals surface area contributed by atoms with Crippen LogP contribution < -0.4 is 10.2 Å². The van der Waals surface area contributed by atoms with Crippen molar-refractivity contribution in [3.8, 4) is 6.07 Å². The van der Waals surface area contributed by atoms with Gasteiger partial charge in [-0.1, -0.05) is 18.2 Å². The average molecular weight is 299 g/mol. The Morgan fingerprint density at radius 3 is 2.91 bits per heavy atom. The maximum Gasteiger partial charge on any atom is 0.305 e. The lowest BCUT2D eigenvalue weighted by atomic mass is 10.0. The smallest absolute Gasteiger partial charge is 0.305 e. The molecule has 0 saturated carbocycles. The van der Waals surface area contributed by atoms with E-state index >= 15 is 0 Å². The second-order valence-electron chi connectivity index (χ2n) is 4.96. The summed E-state index contributed by atoms with van der Waals surface area (Å²) in [5, 5.41) is 20.4. The third kappa shape index (κ3) is 3.64. The molecule has 2 rings (SSSR count).